The van der Waals surface area contributed by atoms with Gasteiger partial charge in [-0.2, -0.15) is 0 Å². The molecule has 3 rings (SSSR count). The molecule has 1 unspecified atom stereocenters. The molecule has 1 heterocycles. The SMILES string of the molecule is C=C(C)C(=O)OCC(CC)COc1ccc2cc(-c3ccc(CCCCC)cc3CC)n(CC)c2c1. The van der Waals surface area contributed by atoms with Crippen molar-refractivity contribution in [3.8, 4) is 17.0 Å². The molecule has 1 atom stereocenters. The topological polar surface area (TPSA) is 40.5 Å². The molecule has 2 aromatic carbocycles. The number of ether oxygens (including phenoxy) is 2. The lowest BCUT2D eigenvalue weighted by Crippen LogP contribution is -2.20. The lowest BCUT2D eigenvalue weighted by atomic mass is 9.97. The van der Waals surface area contributed by atoms with Crippen molar-refractivity contribution >= 4 is 16.9 Å². The number of fused-ring (bicyclic) bond motifs is 1. The van der Waals surface area contributed by atoms with Crippen LogP contribution in [-0.2, 0) is 28.9 Å². The lowest BCUT2D eigenvalue weighted by molar-refractivity contribution is -0.140. The average molecular weight is 490 g/mol. The molecule has 0 aliphatic heterocycles. The van der Waals surface area contributed by atoms with Gasteiger partial charge in [0.05, 0.1) is 18.7 Å². The van der Waals surface area contributed by atoms with Crippen LogP contribution in [0.1, 0.15) is 71.4 Å². The summed E-state index contributed by atoms with van der Waals surface area (Å²) in [5, 5.41) is 1.22. The summed E-state index contributed by atoms with van der Waals surface area (Å²) in [5.74, 6) is 0.637. The van der Waals surface area contributed by atoms with E-state index in [2.05, 4.69) is 75.2 Å². The number of carbonyl (C=O) groups is 1. The fourth-order valence-electron chi connectivity index (χ4n) is 4.63. The highest BCUT2D eigenvalue weighted by atomic mass is 16.5. The molecule has 0 amide bonds. The number of esters is 1. The van der Waals surface area contributed by atoms with Crippen molar-refractivity contribution in [1.82, 2.24) is 4.57 Å². The Bertz CT molecular complexity index is 1170. The summed E-state index contributed by atoms with van der Waals surface area (Å²) in [7, 11) is 0. The minimum atomic E-state index is -0.344. The maximum Gasteiger partial charge on any atom is 0.333 e. The smallest absolute Gasteiger partial charge is 0.333 e. The van der Waals surface area contributed by atoms with Gasteiger partial charge in [0.1, 0.15) is 5.75 Å². The van der Waals surface area contributed by atoms with Crippen LogP contribution in [0.2, 0.25) is 0 Å². The van der Waals surface area contributed by atoms with Crippen molar-refractivity contribution in [1.29, 1.82) is 0 Å². The Morgan fingerprint density at radius 3 is 2.47 bits per heavy atom. The minimum Gasteiger partial charge on any atom is -0.493 e. The van der Waals surface area contributed by atoms with Crippen molar-refractivity contribution in [3.05, 3.63) is 65.7 Å². The van der Waals surface area contributed by atoms with Gasteiger partial charge in [0, 0.05) is 40.7 Å². The standard InChI is InChI=1S/C32H43NO3/c1-7-11-12-13-25-14-17-29(26(9-3)18-25)31-19-27-15-16-28(20-30(27)33(31)10-4)35-21-24(8-2)22-36-32(34)23(5)6/h14-20,24H,5,7-13,21-22H2,1-4,6H3. The number of hydrogen-bond acceptors (Lipinski definition) is 3. The minimum absolute atomic E-state index is 0.139. The lowest BCUT2D eigenvalue weighted by Gasteiger charge is -2.17. The molecule has 0 spiro atoms. The van der Waals surface area contributed by atoms with Crippen molar-refractivity contribution in [2.75, 3.05) is 13.2 Å². The number of nitrogens with zero attached hydrogens (tertiary/aromatic N) is 1. The molecule has 0 bridgehead atoms. The third-order valence-corrected chi connectivity index (χ3v) is 6.95. The monoisotopic (exact) mass is 489 g/mol. The zero-order chi connectivity index (χ0) is 26.1. The van der Waals surface area contributed by atoms with Gasteiger partial charge in [-0.05, 0) is 68.9 Å². The van der Waals surface area contributed by atoms with Crippen LogP contribution >= 0.6 is 0 Å². The molecule has 0 fully saturated rings. The molecule has 0 radical (unpaired) electrons. The highest BCUT2D eigenvalue weighted by Gasteiger charge is 2.15. The number of unbranched alkanes of at least 4 members (excludes halogenated alkanes) is 2. The molecule has 36 heavy (non-hydrogen) atoms. The Balaban J connectivity index is 1.81. The van der Waals surface area contributed by atoms with E-state index in [1.54, 1.807) is 6.92 Å². The first kappa shape index (κ1) is 27.6. The van der Waals surface area contributed by atoms with Crippen LogP contribution in [0, 0.1) is 5.92 Å². The summed E-state index contributed by atoms with van der Waals surface area (Å²) < 4.78 is 13.9. The molecule has 0 saturated heterocycles. The van der Waals surface area contributed by atoms with E-state index in [1.165, 1.54) is 52.5 Å². The van der Waals surface area contributed by atoms with Crippen molar-refractivity contribution < 1.29 is 14.3 Å². The van der Waals surface area contributed by atoms with Gasteiger partial charge in [0.15, 0.2) is 0 Å². The van der Waals surface area contributed by atoms with Crippen molar-refractivity contribution in [2.24, 2.45) is 5.92 Å². The van der Waals surface area contributed by atoms with Crippen LogP contribution in [-0.4, -0.2) is 23.8 Å². The predicted molar refractivity (Wildman–Crippen MR) is 151 cm³/mol. The zero-order valence-electron chi connectivity index (χ0n) is 22.9. The maximum atomic E-state index is 11.7. The van der Waals surface area contributed by atoms with Gasteiger partial charge in [-0.15, -0.1) is 0 Å². The Morgan fingerprint density at radius 1 is 1.00 bits per heavy atom. The van der Waals surface area contributed by atoms with E-state index in [0.717, 1.165) is 31.6 Å². The molecule has 0 N–H and O–H groups in total. The van der Waals surface area contributed by atoms with Crippen molar-refractivity contribution in [2.45, 2.75) is 79.7 Å². The Labute approximate surface area is 217 Å². The summed E-state index contributed by atoms with van der Waals surface area (Å²) in [5.41, 5.74) is 7.04. The Morgan fingerprint density at radius 2 is 1.81 bits per heavy atom. The third-order valence-electron chi connectivity index (χ3n) is 6.95. The molecule has 3 aromatic rings. The normalized spacial score (nSPS) is 12.0. The summed E-state index contributed by atoms with van der Waals surface area (Å²) in [6, 6.07) is 15.7. The van der Waals surface area contributed by atoms with E-state index >= 15 is 0 Å². The predicted octanol–water partition coefficient (Wildman–Crippen LogP) is 8.15. The number of benzene rings is 2. The highest BCUT2D eigenvalue weighted by Crippen LogP contribution is 2.33. The Hall–Kier alpha value is -3.01. The van der Waals surface area contributed by atoms with Gasteiger partial charge in [0.2, 0.25) is 0 Å². The summed E-state index contributed by atoms with van der Waals surface area (Å²) in [6.07, 6.45) is 6.84. The van der Waals surface area contributed by atoms with Gasteiger partial charge in [0.25, 0.3) is 0 Å². The average Bonchev–Trinajstić information content (AvgIpc) is 3.26. The number of aryl methyl sites for hydroxylation is 3. The van der Waals surface area contributed by atoms with Gasteiger partial charge in [-0.25, -0.2) is 4.79 Å². The van der Waals surface area contributed by atoms with Gasteiger partial charge in [-0.1, -0.05) is 58.4 Å². The second kappa shape index (κ2) is 13.3. The summed E-state index contributed by atoms with van der Waals surface area (Å²) in [4.78, 5) is 11.7. The quantitative estimate of drug-likeness (QED) is 0.130. The van der Waals surface area contributed by atoms with Gasteiger partial charge >= 0.3 is 5.97 Å². The second-order valence-corrected chi connectivity index (χ2v) is 9.76. The van der Waals surface area contributed by atoms with E-state index in [9.17, 15) is 4.79 Å². The first-order valence-corrected chi connectivity index (χ1v) is 13.6. The first-order valence-electron chi connectivity index (χ1n) is 13.6. The third kappa shape index (κ3) is 6.81. The molecular formula is C32H43NO3. The molecule has 194 valence electrons. The van der Waals surface area contributed by atoms with E-state index < -0.39 is 0 Å². The highest BCUT2D eigenvalue weighted by molar-refractivity contribution is 5.89. The molecule has 0 aliphatic rings. The summed E-state index contributed by atoms with van der Waals surface area (Å²) >= 11 is 0. The second-order valence-electron chi connectivity index (χ2n) is 9.76. The Kier molecular flexibility index (Phi) is 10.2. The van der Waals surface area contributed by atoms with E-state index in [1.807, 2.05) is 6.07 Å². The van der Waals surface area contributed by atoms with Crippen LogP contribution in [0.5, 0.6) is 5.75 Å². The van der Waals surface area contributed by atoms with Crippen LogP contribution < -0.4 is 4.74 Å². The first-order chi connectivity index (χ1) is 17.4. The number of carbonyl (C=O) groups excluding carboxylic acids is 1. The van der Waals surface area contributed by atoms with Gasteiger partial charge in [-0.3, -0.25) is 0 Å². The maximum absolute atomic E-state index is 11.7. The van der Waals surface area contributed by atoms with Crippen LogP contribution in [0.4, 0.5) is 0 Å². The molecule has 4 nitrogen and oxygen atoms in total. The van der Waals surface area contributed by atoms with Crippen LogP contribution in [0.3, 0.4) is 0 Å². The van der Waals surface area contributed by atoms with Crippen LogP contribution in [0.15, 0.2) is 54.6 Å². The molecule has 4 heteroatoms. The number of aromatic nitrogens is 1. The fourth-order valence-corrected chi connectivity index (χ4v) is 4.63. The van der Waals surface area contributed by atoms with E-state index in [4.69, 9.17) is 9.47 Å². The largest absolute Gasteiger partial charge is 0.493 e. The molecule has 0 saturated carbocycles. The van der Waals surface area contributed by atoms with Gasteiger partial charge < -0.3 is 14.0 Å². The fraction of sp³-hybridized carbons (Fsp3) is 0.469. The van der Waals surface area contributed by atoms with E-state index in [0.29, 0.717) is 18.8 Å². The number of hydrogen-bond donors (Lipinski definition) is 0. The van der Waals surface area contributed by atoms with Crippen LogP contribution in [0.25, 0.3) is 22.2 Å². The molecular weight excluding hydrogens is 446 g/mol. The summed E-state index contributed by atoms with van der Waals surface area (Å²) in [6.45, 7) is 15.8. The zero-order valence-corrected chi connectivity index (χ0v) is 22.9. The molecule has 1 aromatic heterocycles. The van der Waals surface area contributed by atoms with Crippen molar-refractivity contribution in [3.63, 3.8) is 0 Å². The number of rotatable bonds is 14. The molecule has 0 aliphatic carbocycles. The van der Waals surface area contributed by atoms with E-state index in [-0.39, 0.29) is 11.9 Å².